The number of methoxy groups -OCH3 is 1. The lowest BCUT2D eigenvalue weighted by Crippen LogP contribution is -2.08. The highest BCUT2D eigenvalue weighted by Gasteiger charge is 2.15. The molecule has 0 saturated carbocycles. The number of ketones is 1. The van der Waals surface area contributed by atoms with Crippen LogP contribution in [0.4, 0.5) is 0 Å². The van der Waals surface area contributed by atoms with E-state index in [1.165, 1.54) is 13.2 Å². The number of hydrogen-bond acceptors (Lipinski definition) is 4. The van der Waals surface area contributed by atoms with Crippen LogP contribution in [0.3, 0.4) is 0 Å². The monoisotopic (exact) mass is 208 g/mol. The lowest BCUT2D eigenvalue weighted by molar-refractivity contribution is 0.104. The van der Waals surface area contributed by atoms with E-state index in [4.69, 9.17) is 9.15 Å². The summed E-state index contributed by atoms with van der Waals surface area (Å²) >= 11 is 0. The smallest absolute Gasteiger partial charge is 0.339 e. The Bertz CT molecular complexity index is 454. The van der Waals surface area contributed by atoms with E-state index in [-0.39, 0.29) is 22.9 Å². The van der Waals surface area contributed by atoms with Crippen LogP contribution in [-0.2, 0) is 0 Å². The summed E-state index contributed by atoms with van der Waals surface area (Å²) in [5.74, 6) is 0.268. The summed E-state index contributed by atoms with van der Waals surface area (Å²) in [6.45, 7) is 3.29. The van der Waals surface area contributed by atoms with Gasteiger partial charge in [0.2, 0.25) is 0 Å². The van der Waals surface area contributed by atoms with Crippen LogP contribution in [0.5, 0.6) is 5.75 Å². The van der Waals surface area contributed by atoms with Gasteiger partial charge < -0.3 is 9.15 Å². The standard InChI is InChI=1S/C11H12O4/c1-4-5-8(12)11-7(2)15-10(13)6-9(11)14-3/h4-6H,1-3H3/b5-4+. The molecular weight excluding hydrogens is 196 g/mol. The first-order valence-electron chi connectivity index (χ1n) is 4.46. The fourth-order valence-corrected chi connectivity index (χ4v) is 1.27. The van der Waals surface area contributed by atoms with Crippen LogP contribution in [0.1, 0.15) is 23.0 Å². The van der Waals surface area contributed by atoms with Gasteiger partial charge in [0.15, 0.2) is 5.78 Å². The first-order chi connectivity index (χ1) is 7.10. The van der Waals surface area contributed by atoms with E-state index in [1.54, 1.807) is 19.9 Å². The molecule has 1 rings (SSSR count). The Balaban J connectivity index is 3.39. The maximum Gasteiger partial charge on any atom is 0.339 e. The van der Waals surface area contributed by atoms with E-state index < -0.39 is 5.63 Å². The molecule has 15 heavy (non-hydrogen) atoms. The summed E-state index contributed by atoms with van der Waals surface area (Å²) < 4.78 is 9.79. The third-order valence-corrected chi connectivity index (χ3v) is 1.89. The fourth-order valence-electron chi connectivity index (χ4n) is 1.27. The van der Waals surface area contributed by atoms with Gasteiger partial charge in [0, 0.05) is 0 Å². The molecule has 0 atom stereocenters. The van der Waals surface area contributed by atoms with Crippen molar-refractivity contribution in [2.24, 2.45) is 0 Å². The quantitative estimate of drug-likeness (QED) is 0.560. The van der Waals surface area contributed by atoms with Gasteiger partial charge in [-0.3, -0.25) is 4.79 Å². The SMILES string of the molecule is C/C=C/C(=O)c1c(OC)cc(=O)oc1C. The molecule has 0 amide bonds. The van der Waals surface area contributed by atoms with Crippen LogP contribution in [0.2, 0.25) is 0 Å². The number of allylic oxidation sites excluding steroid dienone is 2. The minimum Gasteiger partial charge on any atom is -0.496 e. The summed E-state index contributed by atoms with van der Waals surface area (Å²) in [5.41, 5.74) is -0.239. The Kier molecular flexibility index (Phi) is 3.44. The molecule has 0 aliphatic heterocycles. The van der Waals surface area contributed by atoms with Crippen molar-refractivity contribution in [2.75, 3.05) is 7.11 Å². The largest absolute Gasteiger partial charge is 0.496 e. The first-order valence-corrected chi connectivity index (χ1v) is 4.46. The van der Waals surface area contributed by atoms with Crippen molar-refractivity contribution in [3.63, 3.8) is 0 Å². The third kappa shape index (κ3) is 2.34. The maximum absolute atomic E-state index is 11.6. The topological polar surface area (TPSA) is 56.5 Å². The molecule has 1 aromatic heterocycles. The first kappa shape index (κ1) is 11.2. The molecule has 0 aliphatic rings. The molecule has 0 N–H and O–H groups in total. The maximum atomic E-state index is 11.6. The molecule has 0 fully saturated rings. The van der Waals surface area contributed by atoms with Gasteiger partial charge >= 0.3 is 5.63 Å². The lowest BCUT2D eigenvalue weighted by atomic mass is 10.1. The highest BCUT2D eigenvalue weighted by molar-refractivity contribution is 6.07. The van der Waals surface area contributed by atoms with Crippen LogP contribution in [-0.4, -0.2) is 12.9 Å². The van der Waals surface area contributed by atoms with E-state index in [0.717, 1.165) is 6.07 Å². The van der Waals surface area contributed by atoms with Crippen LogP contribution in [0, 0.1) is 6.92 Å². The van der Waals surface area contributed by atoms with E-state index in [9.17, 15) is 9.59 Å². The molecule has 4 heteroatoms. The second-order valence-corrected chi connectivity index (χ2v) is 2.93. The average Bonchev–Trinajstić information content (AvgIpc) is 2.16. The Labute approximate surface area is 87.2 Å². The second-order valence-electron chi connectivity index (χ2n) is 2.93. The average molecular weight is 208 g/mol. The molecule has 1 heterocycles. The number of hydrogen-bond donors (Lipinski definition) is 0. The Hall–Kier alpha value is -1.84. The van der Waals surface area contributed by atoms with E-state index in [0.29, 0.717) is 0 Å². The summed E-state index contributed by atoms with van der Waals surface area (Å²) in [6.07, 6.45) is 3.01. The van der Waals surface area contributed by atoms with Crippen molar-refractivity contribution in [3.05, 3.63) is 40.0 Å². The Morgan fingerprint density at radius 2 is 2.20 bits per heavy atom. The van der Waals surface area contributed by atoms with Crippen LogP contribution < -0.4 is 10.4 Å². The fraction of sp³-hybridized carbons (Fsp3) is 0.273. The van der Waals surface area contributed by atoms with Crippen molar-refractivity contribution in [1.29, 1.82) is 0 Å². The van der Waals surface area contributed by atoms with Crippen molar-refractivity contribution >= 4 is 5.78 Å². The van der Waals surface area contributed by atoms with Gasteiger partial charge in [-0.05, 0) is 19.9 Å². The number of aryl methyl sites for hydroxylation is 1. The molecule has 1 aromatic rings. The van der Waals surface area contributed by atoms with Gasteiger partial charge in [0.25, 0.3) is 0 Å². The molecule has 0 aromatic carbocycles. The summed E-state index contributed by atoms with van der Waals surface area (Å²) in [6, 6.07) is 1.16. The minimum atomic E-state index is -0.527. The molecule has 0 bridgehead atoms. The molecular formula is C11H12O4. The number of rotatable bonds is 3. The zero-order valence-electron chi connectivity index (χ0n) is 8.87. The summed E-state index contributed by atoms with van der Waals surface area (Å²) in [5, 5.41) is 0. The predicted octanol–water partition coefficient (Wildman–Crippen LogP) is 1.72. The van der Waals surface area contributed by atoms with Crippen molar-refractivity contribution in [1.82, 2.24) is 0 Å². The van der Waals surface area contributed by atoms with E-state index in [1.807, 2.05) is 0 Å². The molecule has 4 nitrogen and oxygen atoms in total. The molecule has 80 valence electrons. The van der Waals surface area contributed by atoms with Crippen molar-refractivity contribution in [2.45, 2.75) is 13.8 Å². The Morgan fingerprint density at radius 3 is 2.73 bits per heavy atom. The highest BCUT2D eigenvalue weighted by Crippen LogP contribution is 2.20. The zero-order chi connectivity index (χ0) is 11.4. The molecule has 0 unspecified atom stereocenters. The van der Waals surface area contributed by atoms with Gasteiger partial charge in [-0.25, -0.2) is 4.79 Å². The van der Waals surface area contributed by atoms with Crippen LogP contribution in [0.25, 0.3) is 0 Å². The van der Waals surface area contributed by atoms with Gasteiger partial charge in [0.05, 0.1) is 13.2 Å². The van der Waals surface area contributed by atoms with Gasteiger partial charge in [-0.1, -0.05) is 6.08 Å². The second kappa shape index (κ2) is 4.59. The predicted molar refractivity (Wildman–Crippen MR) is 55.4 cm³/mol. The van der Waals surface area contributed by atoms with Crippen molar-refractivity contribution in [3.8, 4) is 5.75 Å². The van der Waals surface area contributed by atoms with Crippen LogP contribution in [0.15, 0.2) is 27.4 Å². The number of carbonyl (C=O) groups excluding carboxylic acids is 1. The molecule has 0 spiro atoms. The third-order valence-electron chi connectivity index (χ3n) is 1.89. The molecule has 0 radical (unpaired) electrons. The van der Waals surface area contributed by atoms with E-state index >= 15 is 0 Å². The molecule has 0 aliphatic carbocycles. The van der Waals surface area contributed by atoms with Crippen LogP contribution >= 0.6 is 0 Å². The highest BCUT2D eigenvalue weighted by atomic mass is 16.5. The lowest BCUT2D eigenvalue weighted by Gasteiger charge is -2.06. The normalized spacial score (nSPS) is 10.6. The summed E-state index contributed by atoms with van der Waals surface area (Å²) in [7, 11) is 1.40. The Morgan fingerprint density at radius 1 is 1.53 bits per heavy atom. The summed E-state index contributed by atoms with van der Waals surface area (Å²) in [4.78, 5) is 22.7. The van der Waals surface area contributed by atoms with Gasteiger partial charge in [0.1, 0.15) is 17.1 Å². The minimum absolute atomic E-state index is 0.240. The van der Waals surface area contributed by atoms with Crippen molar-refractivity contribution < 1.29 is 13.9 Å². The molecule has 0 saturated heterocycles. The van der Waals surface area contributed by atoms with Gasteiger partial charge in [-0.15, -0.1) is 0 Å². The number of ether oxygens (including phenoxy) is 1. The van der Waals surface area contributed by atoms with Gasteiger partial charge in [-0.2, -0.15) is 0 Å². The zero-order valence-corrected chi connectivity index (χ0v) is 8.87. The number of carbonyl (C=O) groups is 1. The van der Waals surface area contributed by atoms with E-state index in [2.05, 4.69) is 0 Å².